The van der Waals surface area contributed by atoms with Crippen molar-refractivity contribution in [3.05, 3.63) is 120 Å². The molecule has 1 atom stereocenters. The summed E-state index contributed by atoms with van der Waals surface area (Å²) in [4.78, 5) is 27.9. The minimum atomic E-state index is -0.472. The summed E-state index contributed by atoms with van der Waals surface area (Å²) in [7, 11) is 1.96. The first-order valence-electron chi connectivity index (χ1n) is 12.5. The lowest BCUT2D eigenvalue weighted by Crippen LogP contribution is -2.31. The predicted octanol–water partition coefficient (Wildman–Crippen LogP) is 6.89. The number of rotatable bonds is 8. The van der Waals surface area contributed by atoms with E-state index in [9.17, 15) is 4.79 Å². The average molecular weight is 534 g/mol. The molecule has 0 spiro atoms. The Hall–Kier alpha value is -4.75. The van der Waals surface area contributed by atoms with E-state index < -0.39 is 6.04 Å². The largest absolute Gasteiger partial charge is 0.440 e. The summed E-state index contributed by atoms with van der Waals surface area (Å²) in [6.45, 7) is 0. The maximum Gasteiger partial charge on any atom is 0.217 e. The highest BCUT2D eigenvalue weighted by Crippen LogP contribution is 2.35. The third-order valence-electron chi connectivity index (χ3n) is 6.76. The van der Waals surface area contributed by atoms with Crippen LogP contribution < -0.4 is 4.90 Å². The van der Waals surface area contributed by atoms with Gasteiger partial charge in [-0.3, -0.25) is 19.7 Å². The Kier molecular flexibility index (Phi) is 6.65. The van der Waals surface area contributed by atoms with E-state index in [2.05, 4.69) is 22.1 Å². The van der Waals surface area contributed by atoms with Crippen molar-refractivity contribution in [1.82, 2.24) is 19.5 Å². The Labute approximate surface area is 230 Å². The molecule has 0 radical (unpaired) electrons. The molecule has 8 heteroatoms. The second kappa shape index (κ2) is 10.6. The van der Waals surface area contributed by atoms with Crippen LogP contribution in [0.1, 0.15) is 17.6 Å². The first-order valence-corrected chi connectivity index (χ1v) is 12.8. The Morgan fingerprint density at radius 3 is 2.41 bits per heavy atom. The van der Waals surface area contributed by atoms with Gasteiger partial charge in [0.25, 0.3) is 0 Å². The monoisotopic (exact) mass is 533 g/mol. The fourth-order valence-electron chi connectivity index (χ4n) is 4.78. The molecular weight excluding hydrogens is 510 g/mol. The standard InChI is InChI=1S/C31H24ClN5O2/c1-36-28(22-10-8-21(9-11-22)26-7-3-5-15-34-26)19-35-31(36)27(18-25-6-2-4-14-33-25)37(20-38)30-17-23-16-24(32)12-13-29(23)39-30/h2-17,19-20,27H,18H2,1H3. The molecule has 0 aliphatic rings. The van der Waals surface area contributed by atoms with Gasteiger partial charge in [0.2, 0.25) is 12.3 Å². The second-order valence-corrected chi connectivity index (χ2v) is 9.61. The zero-order valence-corrected chi connectivity index (χ0v) is 21.9. The van der Waals surface area contributed by atoms with Crippen molar-refractivity contribution in [1.29, 1.82) is 0 Å². The van der Waals surface area contributed by atoms with E-state index >= 15 is 0 Å². The van der Waals surface area contributed by atoms with E-state index in [1.807, 2.05) is 78.5 Å². The van der Waals surface area contributed by atoms with Crippen LogP contribution in [0.5, 0.6) is 0 Å². The van der Waals surface area contributed by atoms with Crippen molar-refractivity contribution >= 4 is 34.9 Å². The van der Waals surface area contributed by atoms with E-state index in [4.69, 9.17) is 21.0 Å². The lowest BCUT2D eigenvalue weighted by Gasteiger charge is -2.26. The van der Waals surface area contributed by atoms with Crippen LogP contribution in [0.3, 0.4) is 0 Å². The number of hydrogen-bond acceptors (Lipinski definition) is 5. The number of anilines is 1. The lowest BCUT2D eigenvalue weighted by atomic mass is 10.1. The van der Waals surface area contributed by atoms with E-state index in [1.54, 1.807) is 29.4 Å². The minimum Gasteiger partial charge on any atom is -0.440 e. The van der Waals surface area contributed by atoms with Crippen molar-refractivity contribution in [2.24, 2.45) is 7.05 Å². The fourth-order valence-corrected chi connectivity index (χ4v) is 4.96. The number of carbonyl (C=O) groups is 1. The first-order chi connectivity index (χ1) is 19.1. The van der Waals surface area contributed by atoms with Crippen molar-refractivity contribution in [2.45, 2.75) is 12.5 Å². The van der Waals surface area contributed by atoms with Gasteiger partial charge in [-0.1, -0.05) is 48.0 Å². The molecule has 0 aliphatic carbocycles. The molecule has 4 heterocycles. The summed E-state index contributed by atoms with van der Waals surface area (Å²) in [5.74, 6) is 1.11. The van der Waals surface area contributed by atoms with Gasteiger partial charge in [-0.15, -0.1) is 0 Å². The molecule has 0 saturated carbocycles. The summed E-state index contributed by atoms with van der Waals surface area (Å²) in [6.07, 6.45) is 6.59. The molecule has 0 bridgehead atoms. The number of halogens is 1. The van der Waals surface area contributed by atoms with E-state index in [1.165, 1.54) is 0 Å². The highest BCUT2D eigenvalue weighted by atomic mass is 35.5. The zero-order chi connectivity index (χ0) is 26.8. The Morgan fingerprint density at radius 2 is 1.69 bits per heavy atom. The van der Waals surface area contributed by atoms with Gasteiger partial charge in [0.1, 0.15) is 17.4 Å². The molecule has 7 nitrogen and oxygen atoms in total. The molecular formula is C31H24ClN5O2. The smallest absolute Gasteiger partial charge is 0.217 e. The number of imidazole rings is 1. The van der Waals surface area contributed by atoms with Crippen LogP contribution in [-0.4, -0.2) is 25.9 Å². The summed E-state index contributed by atoms with van der Waals surface area (Å²) in [6, 6.07) is 26.5. The molecule has 39 heavy (non-hydrogen) atoms. The molecule has 1 amide bonds. The van der Waals surface area contributed by atoms with Gasteiger partial charge in [-0.25, -0.2) is 4.98 Å². The molecule has 192 valence electrons. The highest BCUT2D eigenvalue weighted by molar-refractivity contribution is 6.31. The highest BCUT2D eigenvalue weighted by Gasteiger charge is 2.29. The van der Waals surface area contributed by atoms with Crippen LogP contribution in [0, 0.1) is 0 Å². The summed E-state index contributed by atoms with van der Waals surface area (Å²) in [5, 5.41) is 1.41. The summed E-state index contributed by atoms with van der Waals surface area (Å²) < 4.78 is 8.09. The van der Waals surface area contributed by atoms with Gasteiger partial charge >= 0.3 is 0 Å². The van der Waals surface area contributed by atoms with Crippen molar-refractivity contribution in [2.75, 3.05) is 4.90 Å². The number of hydrogen-bond donors (Lipinski definition) is 0. The molecule has 4 aromatic heterocycles. The summed E-state index contributed by atoms with van der Waals surface area (Å²) >= 11 is 6.18. The minimum absolute atomic E-state index is 0.410. The van der Waals surface area contributed by atoms with E-state index in [0.717, 1.165) is 40.0 Å². The third kappa shape index (κ3) is 4.92. The predicted molar refractivity (Wildman–Crippen MR) is 152 cm³/mol. The zero-order valence-electron chi connectivity index (χ0n) is 21.1. The average Bonchev–Trinajstić information content (AvgIpc) is 3.57. The lowest BCUT2D eigenvalue weighted by molar-refractivity contribution is -0.108. The van der Waals surface area contributed by atoms with Gasteiger partial charge in [0.15, 0.2) is 0 Å². The number of benzene rings is 2. The van der Waals surface area contributed by atoms with Crippen LogP contribution in [0.15, 0.2) is 108 Å². The number of fused-ring (bicyclic) bond motifs is 1. The normalized spacial score (nSPS) is 11.9. The number of pyridine rings is 2. The Balaban J connectivity index is 1.39. The molecule has 1 unspecified atom stereocenters. The van der Waals surface area contributed by atoms with Gasteiger partial charge < -0.3 is 8.98 Å². The molecule has 6 rings (SSSR count). The first kappa shape index (κ1) is 24.6. The quantitative estimate of drug-likeness (QED) is 0.199. The maximum absolute atomic E-state index is 12.6. The van der Waals surface area contributed by atoms with Crippen LogP contribution in [0.2, 0.25) is 5.02 Å². The maximum atomic E-state index is 12.6. The van der Waals surface area contributed by atoms with Crippen LogP contribution >= 0.6 is 11.6 Å². The van der Waals surface area contributed by atoms with E-state index in [0.29, 0.717) is 28.7 Å². The Bertz CT molecular complexity index is 1730. The van der Waals surface area contributed by atoms with Crippen LogP contribution in [0.25, 0.3) is 33.5 Å². The number of nitrogens with zero attached hydrogens (tertiary/aromatic N) is 5. The third-order valence-corrected chi connectivity index (χ3v) is 7.00. The van der Waals surface area contributed by atoms with E-state index in [-0.39, 0.29) is 0 Å². The molecule has 0 saturated heterocycles. The van der Waals surface area contributed by atoms with Crippen molar-refractivity contribution in [3.8, 4) is 22.5 Å². The topological polar surface area (TPSA) is 77.1 Å². The van der Waals surface area contributed by atoms with Crippen LogP contribution in [0.4, 0.5) is 5.88 Å². The van der Waals surface area contributed by atoms with Gasteiger partial charge in [0, 0.05) is 53.6 Å². The van der Waals surface area contributed by atoms with Gasteiger partial charge in [0.05, 0.1) is 17.6 Å². The number of furan rings is 1. The number of aromatic nitrogens is 4. The van der Waals surface area contributed by atoms with Crippen LogP contribution in [-0.2, 0) is 18.3 Å². The second-order valence-electron chi connectivity index (χ2n) is 9.17. The molecule has 6 aromatic rings. The van der Waals surface area contributed by atoms with Gasteiger partial charge in [-0.05, 0) is 48.0 Å². The number of carbonyl (C=O) groups excluding carboxylic acids is 1. The molecule has 0 aliphatic heterocycles. The van der Waals surface area contributed by atoms with Crippen molar-refractivity contribution in [3.63, 3.8) is 0 Å². The SMILES string of the molecule is Cn1c(-c2ccc(-c3ccccn3)cc2)cnc1C(Cc1ccccn1)N(C=O)c1cc2cc(Cl)ccc2o1. The molecule has 0 N–H and O–H groups in total. The van der Waals surface area contributed by atoms with Gasteiger partial charge in [-0.2, -0.15) is 0 Å². The Morgan fingerprint density at radius 1 is 0.923 bits per heavy atom. The molecule has 0 fully saturated rings. The fraction of sp³-hybridized carbons (Fsp3) is 0.0968. The van der Waals surface area contributed by atoms with Crippen molar-refractivity contribution < 1.29 is 9.21 Å². The number of amides is 1. The summed E-state index contributed by atoms with van der Waals surface area (Å²) in [5.41, 5.74) is 5.35. The molecule has 2 aromatic carbocycles.